The van der Waals surface area contributed by atoms with Gasteiger partial charge in [0.2, 0.25) is 0 Å². The third-order valence-corrected chi connectivity index (χ3v) is 4.28. The number of anilines is 1. The van der Waals surface area contributed by atoms with E-state index in [1.165, 1.54) is 11.3 Å². The Morgan fingerprint density at radius 1 is 1.38 bits per heavy atom. The van der Waals surface area contributed by atoms with Crippen molar-refractivity contribution in [2.45, 2.75) is 6.92 Å². The van der Waals surface area contributed by atoms with Crippen molar-refractivity contribution in [3.05, 3.63) is 29.1 Å². The second-order valence-corrected chi connectivity index (χ2v) is 5.46. The number of esters is 1. The summed E-state index contributed by atoms with van der Waals surface area (Å²) in [5, 5.41) is 1.73. The summed E-state index contributed by atoms with van der Waals surface area (Å²) in [6, 6.07) is 7.58. The molecule has 0 atom stereocenters. The van der Waals surface area contributed by atoms with Gasteiger partial charge in [-0.2, -0.15) is 0 Å². The van der Waals surface area contributed by atoms with Gasteiger partial charge in [0, 0.05) is 16.8 Å². The highest BCUT2D eigenvalue weighted by molar-refractivity contribution is 7.21. The number of rotatable bonds is 3. The van der Waals surface area contributed by atoms with E-state index in [0.29, 0.717) is 17.2 Å². The lowest BCUT2D eigenvalue weighted by Gasteiger charge is -2.02. The lowest BCUT2D eigenvalue weighted by molar-refractivity contribution is 0.0533. The number of nitrogens with two attached hydrogens (primary N) is 1. The van der Waals surface area contributed by atoms with Gasteiger partial charge in [-0.25, -0.2) is 9.78 Å². The number of nitrogen functional groups attached to an aromatic ring is 1. The Kier molecular flexibility index (Phi) is 3.39. The van der Waals surface area contributed by atoms with E-state index >= 15 is 0 Å². The highest BCUT2D eigenvalue weighted by Gasteiger charge is 2.18. The third kappa shape index (κ3) is 2.27. The van der Waals surface area contributed by atoms with Gasteiger partial charge in [-0.1, -0.05) is 0 Å². The van der Waals surface area contributed by atoms with Crippen LogP contribution in [0.25, 0.3) is 21.1 Å². The first-order valence-electron chi connectivity index (χ1n) is 6.48. The van der Waals surface area contributed by atoms with Crippen LogP contribution in [0, 0.1) is 0 Å². The molecule has 0 amide bonds. The van der Waals surface area contributed by atoms with Crippen molar-refractivity contribution in [3.63, 3.8) is 0 Å². The summed E-state index contributed by atoms with van der Waals surface area (Å²) >= 11 is 1.25. The summed E-state index contributed by atoms with van der Waals surface area (Å²) in [5.41, 5.74) is 7.30. The molecule has 0 spiro atoms. The molecule has 0 aliphatic rings. The number of carbonyl (C=O) groups is 1. The molecule has 0 aliphatic carbocycles. The molecule has 0 radical (unpaired) electrons. The first kappa shape index (κ1) is 13.6. The average Bonchev–Trinajstić information content (AvgIpc) is 2.81. The van der Waals surface area contributed by atoms with Crippen LogP contribution in [0.4, 0.5) is 5.69 Å². The molecule has 3 rings (SSSR count). The average molecular weight is 302 g/mol. The fourth-order valence-corrected chi connectivity index (χ4v) is 3.13. The number of nitrogens with zero attached hydrogens (tertiary/aromatic N) is 1. The van der Waals surface area contributed by atoms with Crippen LogP contribution in [-0.4, -0.2) is 24.7 Å². The monoisotopic (exact) mass is 302 g/mol. The summed E-state index contributed by atoms with van der Waals surface area (Å²) in [5.74, 6) is 0.337. The largest absolute Gasteiger partial charge is 0.497 e. The smallest absolute Gasteiger partial charge is 0.350 e. The van der Waals surface area contributed by atoms with Crippen LogP contribution in [0.2, 0.25) is 0 Å². The minimum atomic E-state index is -0.403. The highest BCUT2D eigenvalue weighted by atomic mass is 32.1. The van der Waals surface area contributed by atoms with Crippen LogP contribution >= 0.6 is 11.3 Å². The fourth-order valence-electron chi connectivity index (χ4n) is 2.15. The van der Waals surface area contributed by atoms with Gasteiger partial charge < -0.3 is 15.2 Å². The SMILES string of the molecule is CCOC(=O)c1sc2nc3cc(OC)ccc3cc2c1N. The molecule has 0 fully saturated rings. The summed E-state index contributed by atoms with van der Waals surface area (Å²) in [7, 11) is 1.61. The number of thiophene rings is 1. The third-order valence-electron chi connectivity index (χ3n) is 3.18. The van der Waals surface area contributed by atoms with Crippen LogP contribution in [0.5, 0.6) is 5.75 Å². The predicted octanol–water partition coefficient (Wildman–Crippen LogP) is 3.22. The van der Waals surface area contributed by atoms with Gasteiger partial charge in [0.25, 0.3) is 0 Å². The molecule has 0 unspecified atom stereocenters. The molecule has 21 heavy (non-hydrogen) atoms. The number of aromatic nitrogens is 1. The number of carbonyl (C=O) groups excluding carboxylic acids is 1. The van der Waals surface area contributed by atoms with Gasteiger partial charge in [0.15, 0.2) is 0 Å². The number of benzene rings is 1. The van der Waals surface area contributed by atoms with Gasteiger partial charge in [-0.3, -0.25) is 0 Å². The fraction of sp³-hybridized carbons (Fsp3) is 0.200. The van der Waals surface area contributed by atoms with E-state index in [1.54, 1.807) is 14.0 Å². The molecule has 5 nitrogen and oxygen atoms in total. The Labute approximate surface area is 125 Å². The Morgan fingerprint density at radius 3 is 2.90 bits per heavy atom. The number of pyridine rings is 1. The number of hydrogen-bond acceptors (Lipinski definition) is 6. The minimum absolute atomic E-state index is 0.319. The van der Waals surface area contributed by atoms with Crippen molar-refractivity contribution in [2.75, 3.05) is 19.5 Å². The van der Waals surface area contributed by atoms with Gasteiger partial charge >= 0.3 is 5.97 Å². The molecule has 1 aromatic carbocycles. The van der Waals surface area contributed by atoms with E-state index in [-0.39, 0.29) is 0 Å². The van der Waals surface area contributed by atoms with Crippen LogP contribution < -0.4 is 10.5 Å². The van der Waals surface area contributed by atoms with Crippen molar-refractivity contribution in [1.29, 1.82) is 0 Å². The summed E-state index contributed by atoms with van der Waals surface area (Å²) < 4.78 is 10.2. The molecule has 2 aromatic heterocycles. The first-order valence-corrected chi connectivity index (χ1v) is 7.29. The lowest BCUT2D eigenvalue weighted by Crippen LogP contribution is -2.04. The normalized spacial score (nSPS) is 11.0. The number of ether oxygens (including phenoxy) is 2. The maximum Gasteiger partial charge on any atom is 0.350 e. The molecule has 6 heteroatoms. The maximum absolute atomic E-state index is 11.9. The molecule has 0 saturated carbocycles. The molecule has 3 aromatic rings. The van der Waals surface area contributed by atoms with E-state index in [1.807, 2.05) is 24.3 Å². The topological polar surface area (TPSA) is 74.4 Å². The number of methoxy groups -OCH3 is 1. The second-order valence-electron chi connectivity index (χ2n) is 4.47. The number of hydrogen-bond donors (Lipinski definition) is 1. The lowest BCUT2D eigenvalue weighted by atomic mass is 10.1. The van der Waals surface area contributed by atoms with Crippen molar-refractivity contribution < 1.29 is 14.3 Å². The van der Waals surface area contributed by atoms with E-state index in [4.69, 9.17) is 15.2 Å². The van der Waals surface area contributed by atoms with Crippen molar-refractivity contribution >= 4 is 44.1 Å². The zero-order chi connectivity index (χ0) is 15.0. The van der Waals surface area contributed by atoms with Crippen LogP contribution in [0.3, 0.4) is 0 Å². The van der Waals surface area contributed by atoms with Crippen LogP contribution in [0.1, 0.15) is 16.6 Å². The molecular formula is C15H14N2O3S. The molecule has 2 heterocycles. The van der Waals surface area contributed by atoms with E-state index < -0.39 is 5.97 Å². The molecule has 2 N–H and O–H groups in total. The summed E-state index contributed by atoms with van der Waals surface area (Å²) in [6.45, 7) is 2.08. The Morgan fingerprint density at radius 2 is 2.19 bits per heavy atom. The second kappa shape index (κ2) is 5.21. The van der Waals surface area contributed by atoms with Gasteiger partial charge in [-0.05, 0) is 25.1 Å². The minimum Gasteiger partial charge on any atom is -0.497 e. The highest BCUT2D eigenvalue weighted by Crippen LogP contribution is 2.35. The van der Waals surface area contributed by atoms with Crippen LogP contribution in [0.15, 0.2) is 24.3 Å². The molecule has 0 bridgehead atoms. The molecule has 0 saturated heterocycles. The molecule has 108 valence electrons. The molecule has 0 aliphatic heterocycles. The summed E-state index contributed by atoms with van der Waals surface area (Å²) in [4.78, 5) is 17.6. The van der Waals surface area contributed by atoms with Crippen LogP contribution in [-0.2, 0) is 4.74 Å². The van der Waals surface area contributed by atoms with Gasteiger partial charge in [0.1, 0.15) is 15.5 Å². The quantitative estimate of drug-likeness (QED) is 0.752. The van der Waals surface area contributed by atoms with Crippen molar-refractivity contribution in [1.82, 2.24) is 4.98 Å². The van der Waals surface area contributed by atoms with Gasteiger partial charge in [0.05, 0.1) is 24.9 Å². The first-order chi connectivity index (χ1) is 10.1. The zero-order valence-electron chi connectivity index (χ0n) is 11.7. The van der Waals surface area contributed by atoms with Gasteiger partial charge in [-0.15, -0.1) is 11.3 Å². The Bertz CT molecular complexity index is 842. The molecular weight excluding hydrogens is 288 g/mol. The zero-order valence-corrected chi connectivity index (χ0v) is 12.5. The Hall–Kier alpha value is -2.34. The van der Waals surface area contributed by atoms with E-state index in [0.717, 1.165) is 26.9 Å². The van der Waals surface area contributed by atoms with E-state index in [2.05, 4.69) is 4.98 Å². The standard InChI is InChI=1S/C15H14N2O3S/c1-3-20-15(18)13-12(16)10-6-8-4-5-9(19-2)7-11(8)17-14(10)21-13/h4-7H,3,16H2,1-2H3. The number of fused-ring (bicyclic) bond motifs is 2. The van der Waals surface area contributed by atoms with Crippen molar-refractivity contribution in [3.8, 4) is 5.75 Å². The van der Waals surface area contributed by atoms with Crippen molar-refractivity contribution in [2.24, 2.45) is 0 Å². The predicted molar refractivity (Wildman–Crippen MR) is 84.0 cm³/mol. The summed E-state index contributed by atoms with van der Waals surface area (Å²) in [6.07, 6.45) is 0. The maximum atomic E-state index is 11.9. The van der Waals surface area contributed by atoms with E-state index in [9.17, 15) is 4.79 Å². The Balaban J connectivity index is 2.21.